The molecule has 0 unspecified atom stereocenters. The lowest BCUT2D eigenvalue weighted by molar-refractivity contribution is 0.0491. The molecule has 172 valence electrons. The molecule has 0 radical (unpaired) electrons. The second-order valence-corrected chi connectivity index (χ2v) is 7.58. The van der Waals surface area contributed by atoms with Crippen LogP contribution in [0.4, 0.5) is 0 Å². The number of rotatable bonds is 6. The van der Waals surface area contributed by atoms with Crippen molar-refractivity contribution in [1.29, 1.82) is 0 Å². The van der Waals surface area contributed by atoms with Crippen molar-refractivity contribution in [3.8, 4) is 22.6 Å². The number of fused-ring (bicyclic) bond motifs is 1. The number of esters is 2. The molecule has 0 N–H and O–H groups in total. The van der Waals surface area contributed by atoms with E-state index >= 15 is 0 Å². The second-order valence-electron chi connectivity index (χ2n) is 7.14. The van der Waals surface area contributed by atoms with Gasteiger partial charge in [0, 0.05) is 11.1 Å². The highest BCUT2D eigenvalue weighted by Gasteiger charge is 2.23. The van der Waals surface area contributed by atoms with Crippen LogP contribution in [0.25, 0.3) is 22.1 Å². The van der Waals surface area contributed by atoms with Crippen LogP contribution in [-0.4, -0.2) is 25.7 Å². The summed E-state index contributed by atoms with van der Waals surface area (Å²) in [6, 6.07) is 17.2. The number of carbonyl (C=O) groups is 2. The second kappa shape index (κ2) is 9.80. The standard InChI is InChI=1S/C26H19ClO7/c1-3-32-26(30)24-22(15-6-10-18(31-2)11-7-15)23(28)20-13-12-19(14-21(20)34-24)33-25(29)16-4-8-17(27)9-5-16/h4-14H,3H2,1-2H3. The minimum Gasteiger partial charge on any atom is -0.497 e. The van der Waals surface area contributed by atoms with Gasteiger partial charge in [-0.05, 0) is 61.0 Å². The normalized spacial score (nSPS) is 10.7. The molecule has 4 aromatic rings. The predicted octanol–water partition coefficient (Wildman–Crippen LogP) is 5.52. The fourth-order valence-electron chi connectivity index (χ4n) is 3.35. The number of halogens is 1. The van der Waals surface area contributed by atoms with Crippen LogP contribution in [0.2, 0.25) is 5.02 Å². The highest BCUT2D eigenvalue weighted by Crippen LogP contribution is 2.29. The van der Waals surface area contributed by atoms with Crippen molar-refractivity contribution in [2.45, 2.75) is 6.92 Å². The summed E-state index contributed by atoms with van der Waals surface area (Å²) in [5, 5.41) is 0.702. The Kier molecular flexibility index (Phi) is 6.65. The summed E-state index contributed by atoms with van der Waals surface area (Å²) in [4.78, 5) is 38.5. The van der Waals surface area contributed by atoms with Crippen LogP contribution in [0.3, 0.4) is 0 Å². The van der Waals surface area contributed by atoms with Crippen LogP contribution >= 0.6 is 11.6 Å². The van der Waals surface area contributed by atoms with E-state index in [2.05, 4.69) is 0 Å². The first-order chi connectivity index (χ1) is 16.4. The summed E-state index contributed by atoms with van der Waals surface area (Å²) >= 11 is 5.85. The van der Waals surface area contributed by atoms with Crippen LogP contribution < -0.4 is 14.9 Å². The quantitative estimate of drug-likeness (QED) is 0.266. The predicted molar refractivity (Wildman–Crippen MR) is 127 cm³/mol. The molecule has 7 nitrogen and oxygen atoms in total. The summed E-state index contributed by atoms with van der Waals surface area (Å²) in [6.07, 6.45) is 0. The Bertz CT molecular complexity index is 1420. The van der Waals surface area contributed by atoms with E-state index in [0.717, 1.165) is 0 Å². The van der Waals surface area contributed by atoms with E-state index in [9.17, 15) is 14.4 Å². The van der Waals surface area contributed by atoms with Crippen molar-refractivity contribution >= 4 is 34.5 Å². The molecular weight excluding hydrogens is 460 g/mol. The van der Waals surface area contributed by atoms with Crippen molar-refractivity contribution in [1.82, 2.24) is 0 Å². The molecule has 1 aromatic heterocycles. The van der Waals surface area contributed by atoms with E-state index in [1.807, 2.05) is 0 Å². The fraction of sp³-hybridized carbons (Fsp3) is 0.115. The SMILES string of the molecule is CCOC(=O)c1oc2cc(OC(=O)c3ccc(Cl)cc3)ccc2c(=O)c1-c1ccc(OC)cc1. The summed E-state index contributed by atoms with van der Waals surface area (Å²) in [7, 11) is 1.53. The maximum absolute atomic E-state index is 13.4. The zero-order chi connectivity index (χ0) is 24.2. The van der Waals surface area contributed by atoms with Crippen LogP contribution in [0.15, 0.2) is 75.9 Å². The molecule has 34 heavy (non-hydrogen) atoms. The number of benzene rings is 3. The Labute approximate surface area is 199 Å². The first kappa shape index (κ1) is 23.1. The zero-order valence-electron chi connectivity index (χ0n) is 18.3. The molecule has 0 saturated heterocycles. The highest BCUT2D eigenvalue weighted by atomic mass is 35.5. The van der Waals surface area contributed by atoms with Gasteiger partial charge in [-0.1, -0.05) is 23.7 Å². The molecule has 4 rings (SSSR count). The topological polar surface area (TPSA) is 92.0 Å². The molecule has 1 heterocycles. The maximum Gasteiger partial charge on any atom is 0.375 e. The van der Waals surface area contributed by atoms with E-state index in [1.54, 1.807) is 43.3 Å². The molecule has 0 saturated carbocycles. The van der Waals surface area contributed by atoms with Crippen molar-refractivity contribution in [3.05, 3.63) is 93.3 Å². The Morgan fingerprint density at radius 2 is 1.59 bits per heavy atom. The van der Waals surface area contributed by atoms with E-state index in [0.29, 0.717) is 21.9 Å². The Morgan fingerprint density at radius 1 is 0.912 bits per heavy atom. The smallest absolute Gasteiger partial charge is 0.375 e. The summed E-state index contributed by atoms with van der Waals surface area (Å²) in [6.45, 7) is 1.75. The third-order valence-electron chi connectivity index (χ3n) is 4.99. The summed E-state index contributed by atoms with van der Waals surface area (Å²) in [5.74, 6) is -0.901. The molecular formula is C26H19ClO7. The third-order valence-corrected chi connectivity index (χ3v) is 5.25. The third kappa shape index (κ3) is 4.65. The van der Waals surface area contributed by atoms with Crippen molar-refractivity contribution in [3.63, 3.8) is 0 Å². The van der Waals surface area contributed by atoms with Crippen LogP contribution in [0, 0.1) is 0 Å². The van der Waals surface area contributed by atoms with Crippen LogP contribution in [-0.2, 0) is 4.74 Å². The van der Waals surface area contributed by atoms with Gasteiger partial charge in [0.2, 0.25) is 11.2 Å². The molecule has 0 aliphatic carbocycles. The Balaban J connectivity index is 1.79. The average molecular weight is 479 g/mol. The number of hydrogen-bond acceptors (Lipinski definition) is 7. The van der Waals surface area contributed by atoms with Gasteiger partial charge >= 0.3 is 11.9 Å². The van der Waals surface area contributed by atoms with E-state index in [1.165, 1.54) is 37.4 Å². The number of ether oxygens (including phenoxy) is 3. The lowest BCUT2D eigenvalue weighted by atomic mass is 10.0. The molecule has 0 amide bonds. The van der Waals surface area contributed by atoms with Gasteiger partial charge in [-0.25, -0.2) is 9.59 Å². The van der Waals surface area contributed by atoms with Gasteiger partial charge in [0.25, 0.3) is 0 Å². The van der Waals surface area contributed by atoms with Gasteiger partial charge in [0.1, 0.15) is 17.1 Å². The van der Waals surface area contributed by atoms with Gasteiger partial charge in [0.05, 0.1) is 30.2 Å². The van der Waals surface area contributed by atoms with Crippen LogP contribution in [0.1, 0.15) is 27.8 Å². The Hall–Kier alpha value is -4.10. The summed E-state index contributed by atoms with van der Waals surface area (Å²) < 4.78 is 21.5. The molecule has 0 aliphatic rings. The average Bonchev–Trinajstić information content (AvgIpc) is 2.84. The van der Waals surface area contributed by atoms with Crippen molar-refractivity contribution < 1.29 is 28.2 Å². The van der Waals surface area contributed by atoms with Crippen LogP contribution in [0.5, 0.6) is 11.5 Å². The molecule has 0 spiro atoms. The largest absolute Gasteiger partial charge is 0.497 e. The van der Waals surface area contributed by atoms with E-state index in [-0.39, 0.29) is 34.6 Å². The molecule has 0 aliphatic heterocycles. The maximum atomic E-state index is 13.4. The summed E-state index contributed by atoms with van der Waals surface area (Å²) in [5.41, 5.74) is 0.488. The first-order valence-electron chi connectivity index (χ1n) is 10.3. The minimum atomic E-state index is -0.782. The van der Waals surface area contributed by atoms with Crippen molar-refractivity contribution in [2.75, 3.05) is 13.7 Å². The van der Waals surface area contributed by atoms with Gasteiger partial charge < -0.3 is 18.6 Å². The Morgan fingerprint density at radius 3 is 2.24 bits per heavy atom. The number of hydrogen-bond donors (Lipinski definition) is 0. The van der Waals surface area contributed by atoms with Crippen molar-refractivity contribution in [2.24, 2.45) is 0 Å². The lowest BCUT2D eigenvalue weighted by Crippen LogP contribution is -2.15. The molecule has 0 atom stereocenters. The lowest BCUT2D eigenvalue weighted by Gasteiger charge is -2.11. The van der Waals surface area contributed by atoms with E-state index < -0.39 is 17.4 Å². The zero-order valence-corrected chi connectivity index (χ0v) is 19.0. The van der Waals surface area contributed by atoms with Gasteiger partial charge in [0.15, 0.2) is 0 Å². The van der Waals surface area contributed by atoms with Gasteiger partial charge in [-0.3, -0.25) is 4.79 Å². The number of carbonyl (C=O) groups excluding carboxylic acids is 2. The molecule has 8 heteroatoms. The van der Waals surface area contributed by atoms with E-state index in [4.69, 9.17) is 30.2 Å². The molecule has 0 bridgehead atoms. The molecule has 0 fully saturated rings. The first-order valence-corrected chi connectivity index (χ1v) is 10.7. The van der Waals surface area contributed by atoms with Gasteiger partial charge in [-0.15, -0.1) is 0 Å². The fourth-order valence-corrected chi connectivity index (χ4v) is 3.48. The number of methoxy groups -OCH3 is 1. The molecule has 3 aromatic carbocycles. The minimum absolute atomic E-state index is 0.0690. The van der Waals surface area contributed by atoms with Gasteiger partial charge in [-0.2, -0.15) is 0 Å². The monoisotopic (exact) mass is 478 g/mol. The highest BCUT2D eigenvalue weighted by molar-refractivity contribution is 6.30.